The highest BCUT2D eigenvalue weighted by Crippen LogP contribution is 2.23. The Balaban J connectivity index is 1.67. The van der Waals surface area contributed by atoms with Crippen LogP contribution in [0.25, 0.3) is 17.0 Å². The molecule has 0 saturated carbocycles. The van der Waals surface area contributed by atoms with E-state index in [1.165, 1.54) is 0 Å². The van der Waals surface area contributed by atoms with Gasteiger partial charge in [0.2, 0.25) is 0 Å². The van der Waals surface area contributed by atoms with Crippen molar-refractivity contribution in [1.29, 1.82) is 0 Å². The van der Waals surface area contributed by atoms with Crippen LogP contribution in [0.4, 0.5) is 0 Å². The van der Waals surface area contributed by atoms with Crippen LogP contribution in [-0.4, -0.2) is 16.4 Å². The maximum atomic E-state index is 13.1. The van der Waals surface area contributed by atoms with Crippen LogP contribution in [0.1, 0.15) is 28.4 Å². The van der Waals surface area contributed by atoms with E-state index in [-0.39, 0.29) is 17.5 Å². The van der Waals surface area contributed by atoms with Gasteiger partial charge in [-0.25, -0.2) is 0 Å². The van der Waals surface area contributed by atoms with Gasteiger partial charge in [-0.2, -0.15) is 0 Å². The Hall–Kier alpha value is -4.12. The SMILES string of the molecule is CCn1cc(C=C(NC(=O)c2ccccc2)C(=O)NCc2ccccc2)c2ccccc21. The number of hydrogen-bond acceptors (Lipinski definition) is 2. The third-order valence-electron chi connectivity index (χ3n) is 5.28. The molecule has 2 N–H and O–H groups in total. The molecule has 1 heterocycles. The van der Waals surface area contributed by atoms with Crippen LogP contribution in [0.5, 0.6) is 0 Å². The molecule has 0 unspecified atom stereocenters. The Morgan fingerprint density at radius 1 is 0.875 bits per heavy atom. The number of para-hydroxylation sites is 1. The molecule has 160 valence electrons. The van der Waals surface area contributed by atoms with E-state index in [2.05, 4.69) is 22.1 Å². The van der Waals surface area contributed by atoms with Gasteiger partial charge in [0.25, 0.3) is 11.8 Å². The molecule has 4 aromatic rings. The number of amides is 2. The first-order chi connectivity index (χ1) is 15.7. The van der Waals surface area contributed by atoms with Crippen molar-refractivity contribution in [3.8, 4) is 0 Å². The summed E-state index contributed by atoms with van der Waals surface area (Å²) in [4.78, 5) is 25.9. The van der Waals surface area contributed by atoms with Gasteiger partial charge >= 0.3 is 0 Å². The molecule has 5 heteroatoms. The minimum atomic E-state index is -0.341. The van der Waals surface area contributed by atoms with Crippen molar-refractivity contribution in [3.63, 3.8) is 0 Å². The molecule has 0 radical (unpaired) electrons. The molecule has 2 amide bonds. The Kier molecular flexibility index (Phi) is 6.46. The largest absolute Gasteiger partial charge is 0.347 e. The Labute approximate surface area is 187 Å². The van der Waals surface area contributed by atoms with Crippen molar-refractivity contribution >= 4 is 28.8 Å². The van der Waals surface area contributed by atoms with E-state index in [9.17, 15) is 9.59 Å². The summed E-state index contributed by atoms with van der Waals surface area (Å²) in [5.41, 5.74) is 3.64. The second-order valence-corrected chi connectivity index (χ2v) is 7.43. The summed E-state index contributed by atoms with van der Waals surface area (Å²) in [6, 6.07) is 26.6. The Bertz CT molecular complexity index is 1260. The number of nitrogens with zero attached hydrogens (tertiary/aromatic N) is 1. The molecule has 0 aliphatic rings. The van der Waals surface area contributed by atoms with Crippen LogP contribution in [0, 0.1) is 0 Å². The summed E-state index contributed by atoms with van der Waals surface area (Å²) in [6.45, 7) is 3.25. The van der Waals surface area contributed by atoms with Crippen LogP contribution in [0.15, 0.2) is 96.8 Å². The quantitative estimate of drug-likeness (QED) is 0.422. The first-order valence-electron chi connectivity index (χ1n) is 10.6. The van der Waals surface area contributed by atoms with Gasteiger partial charge in [-0.15, -0.1) is 0 Å². The Morgan fingerprint density at radius 3 is 2.25 bits per heavy atom. The maximum absolute atomic E-state index is 13.1. The second kappa shape index (κ2) is 9.79. The molecule has 32 heavy (non-hydrogen) atoms. The van der Waals surface area contributed by atoms with E-state index < -0.39 is 0 Å². The van der Waals surface area contributed by atoms with E-state index in [1.807, 2.05) is 66.9 Å². The number of nitrogens with one attached hydrogen (secondary N) is 2. The van der Waals surface area contributed by atoms with Crippen molar-refractivity contribution in [2.45, 2.75) is 20.0 Å². The fourth-order valence-electron chi connectivity index (χ4n) is 3.62. The summed E-state index contributed by atoms with van der Waals surface area (Å²) in [5.74, 6) is -0.669. The number of fused-ring (bicyclic) bond motifs is 1. The van der Waals surface area contributed by atoms with Crippen molar-refractivity contribution in [2.24, 2.45) is 0 Å². The van der Waals surface area contributed by atoms with Gasteiger partial charge in [0, 0.05) is 41.3 Å². The third-order valence-corrected chi connectivity index (χ3v) is 5.28. The molecule has 0 aliphatic heterocycles. The Morgan fingerprint density at radius 2 is 1.53 bits per heavy atom. The van der Waals surface area contributed by atoms with E-state index in [1.54, 1.807) is 30.3 Å². The van der Waals surface area contributed by atoms with Gasteiger partial charge in [-0.05, 0) is 36.8 Å². The molecule has 5 nitrogen and oxygen atoms in total. The van der Waals surface area contributed by atoms with Crippen LogP contribution < -0.4 is 10.6 Å². The highest BCUT2D eigenvalue weighted by molar-refractivity contribution is 6.06. The number of hydrogen-bond donors (Lipinski definition) is 2. The predicted octanol–water partition coefficient (Wildman–Crippen LogP) is 4.75. The smallest absolute Gasteiger partial charge is 0.268 e. The molecular weight excluding hydrogens is 398 g/mol. The molecule has 4 rings (SSSR count). The van der Waals surface area contributed by atoms with Crippen molar-refractivity contribution in [3.05, 3.63) is 114 Å². The molecule has 0 spiro atoms. The second-order valence-electron chi connectivity index (χ2n) is 7.43. The predicted molar refractivity (Wildman–Crippen MR) is 128 cm³/mol. The van der Waals surface area contributed by atoms with Gasteiger partial charge in [0.1, 0.15) is 5.70 Å². The standard InChI is InChI=1S/C27H25N3O2/c1-2-30-19-22(23-15-9-10-16-25(23)30)17-24(29-26(31)21-13-7-4-8-14-21)27(32)28-18-20-11-5-3-6-12-20/h3-17,19H,2,18H2,1H3,(H,28,32)(H,29,31). The topological polar surface area (TPSA) is 63.1 Å². The summed E-state index contributed by atoms with van der Waals surface area (Å²) >= 11 is 0. The number of aryl methyl sites for hydroxylation is 1. The molecule has 0 aliphatic carbocycles. The van der Waals surface area contributed by atoms with Crippen molar-refractivity contribution in [2.75, 3.05) is 0 Å². The average molecular weight is 424 g/mol. The van der Waals surface area contributed by atoms with E-state index >= 15 is 0 Å². The fourth-order valence-corrected chi connectivity index (χ4v) is 3.62. The van der Waals surface area contributed by atoms with Crippen molar-refractivity contribution < 1.29 is 9.59 Å². The summed E-state index contributed by atoms with van der Waals surface area (Å²) < 4.78 is 2.12. The van der Waals surface area contributed by atoms with Crippen LogP contribution in [0.3, 0.4) is 0 Å². The van der Waals surface area contributed by atoms with E-state index in [4.69, 9.17) is 0 Å². The van der Waals surface area contributed by atoms with Gasteiger partial charge < -0.3 is 15.2 Å². The van der Waals surface area contributed by atoms with Crippen molar-refractivity contribution in [1.82, 2.24) is 15.2 Å². The fraction of sp³-hybridized carbons (Fsp3) is 0.111. The van der Waals surface area contributed by atoms with Gasteiger partial charge in [0.05, 0.1) is 0 Å². The van der Waals surface area contributed by atoms with Crippen LogP contribution in [-0.2, 0) is 17.9 Å². The van der Waals surface area contributed by atoms with Gasteiger partial charge in [-0.3, -0.25) is 9.59 Å². The number of aromatic nitrogens is 1. The lowest BCUT2D eigenvalue weighted by atomic mass is 10.1. The number of carbonyl (C=O) groups is 2. The lowest BCUT2D eigenvalue weighted by molar-refractivity contribution is -0.117. The molecule has 0 fully saturated rings. The first-order valence-corrected chi connectivity index (χ1v) is 10.6. The normalized spacial score (nSPS) is 11.3. The van der Waals surface area contributed by atoms with E-state index in [0.29, 0.717) is 12.1 Å². The highest BCUT2D eigenvalue weighted by Gasteiger charge is 2.16. The number of benzene rings is 3. The zero-order valence-electron chi connectivity index (χ0n) is 17.9. The first kappa shape index (κ1) is 21.1. The zero-order chi connectivity index (χ0) is 22.3. The van der Waals surface area contributed by atoms with Gasteiger partial charge in [-0.1, -0.05) is 66.7 Å². The lowest BCUT2D eigenvalue weighted by Gasteiger charge is -2.11. The number of rotatable bonds is 7. The molecule has 0 atom stereocenters. The van der Waals surface area contributed by atoms with Crippen LogP contribution >= 0.6 is 0 Å². The van der Waals surface area contributed by atoms with E-state index in [0.717, 1.165) is 28.6 Å². The summed E-state index contributed by atoms with van der Waals surface area (Å²) in [6.07, 6.45) is 3.75. The molecule has 3 aromatic carbocycles. The van der Waals surface area contributed by atoms with Crippen LogP contribution in [0.2, 0.25) is 0 Å². The van der Waals surface area contributed by atoms with Gasteiger partial charge in [0.15, 0.2) is 0 Å². The molecule has 0 saturated heterocycles. The maximum Gasteiger partial charge on any atom is 0.268 e. The highest BCUT2D eigenvalue weighted by atomic mass is 16.2. The lowest BCUT2D eigenvalue weighted by Crippen LogP contribution is -2.34. The minimum Gasteiger partial charge on any atom is -0.347 e. The summed E-state index contributed by atoms with van der Waals surface area (Å²) in [7, 11) is 0. The summed E-state index contributed by atoms with van der Waals surface area (Å²) in [5, 5.41) is 6.75. The average Bonchev–Trinajstić information content (AvgIpc) is 3.21. The molecule has 1 aromatic heterocycles. The number of carbonyl (C=O) groups excluding carboxylic acids is 2. The molecular formula is C27H25N3O2. The third kappa shape index (κ3) is 4.78. The molecule has 0 bridgehead atoms. The zero-order valence-corrected chi connectivity index (χ0v) is 17.9. The monoisotopic (exact) mass is 423 g/mol. The minimum absolute atomic E-state index is 0.203.